The molecule has 1 fully saturated rings. The maximum Gasteiger partial charge on any atom is 0.252 e. The van der Waals surface area contributed by atoms with Gasteiger partial charge in [0.2, 0.25) is 0 Å². The molecule has 0 spiro atoms. The molecule has 1 aromatic carbocycles. The van der Waals surface area contributed by atoms with Crippen molar-refractivity contribution in [3.8, 4) is 0 Å². The largest absolute Gasteiger partial charge is 0.351 e. The first-order valence-corrected chi connectivity index (χ1v) is 6.41. The van der Waals surface area contributed by atoms with Crippen molar-refractivity contribution in [3.05, 3.63) is 33.3 Å². The lowest BCUT2D eigenvalue weighted by atomic mass is 10.1. The Kier molecular flexibility index (Phi) is 3.27. The highest BCUT2D eigenvalue weighted by atomic mass is 79.9. The van der Waals surface area contributed by atoms with Gasteiger partial charge in [-0.1, -0.05) is 18.5 Å². The van der Waals surface area contributed by atoms with Gasteiger partial charge in [0.25, 0.3) is 5.91 Å². The third kappa shape index (κ3) is 2.77. The number of nitrogens with one attached hydrogen (secondary N) is 1. The quantitative estimate of drug-likeness (QED) is 0.907. The molecule has 1 aromatic rings. The number of hydrogen-bond acceptors (Lipinski definition) is 1. The van der Waals surface area contributed by atoms with Crippen molar-refractivity contribution in [3.63, 3.8) is 0 Å². The summed E-state index contributed by atoms with van der Waals surface area (Å²) in [7, 11) is 0. The molecule has 0 saturated heterocycles. The predicted molar refractivity (Wildman–Crippen MR) is 68.8 cm³/mol. The molecule has 0 unspecified atom stereocenters. The molecule has 16 heavy (non-hydrogen) atoms. The zero-order valence-electron chi connectivity index (χ0n) is 9.02. The first-order chi connectivity index (χ1) is 7.50. The molecule has 0 heterocycles. The Morgan fingerprint density at radius 3 is 2.88 bits per heavy atom. The molecule has 1 amide bonds. The summed E-state index contributed by atoms with van der Waals surface area (Å²) >= 11 is 9.21. The molecular formula is C12H13BrClNO. The van der Waals surface area contributed by atoms with Gasteiger partial charge in [-0.2, -0.15) is 0 Å². The highest BCUT2D eigenvalue weighted by Crippen LogP contribution is 2.44. The van der Waals surface area contributed by atoms with Gasteiger partial charge in [0.05, 0.1) is 5.56 Å². The fourth-order valence-electron chi connectivity index (χ4n) is 1.45. The van der Waals surface area contributed by atoms with Gasteiger partial charge in [0.15, 0.2) is 0 Å². The van der Waals surface area contributed by atoms with E-state index in [0.29, 0.717) is 16.0 Å². The normalized spacial score (nSPS) is 16.9. The van der Waals surface area contributed by atoms with Crippen molar-refractivity contribution in [2.24, 2.45) is 5.41 Å². The minimum absolute atomic E-state index is 0.0671. The highest BCUT2D eigenvalue weighted by molar-refractivity contribution is 9.10. The Labute approximate surface area is 108 Å². The van der Waals surface area contributed by atoms with Crippen LogP contribution in [0.2, 0.25) is 5.02 Å². The van der Waals surface area contributed by atoms with E-state index in [0.717, 1.165) is 11.0 Å². The van der Waals surface area contributed by atoms with Crippen LogP contribution in [0.1, 0.15) is 30.1 Å². The molecule has 86 valence electrons. The summed E-state index contributed by atoms with van der Waals surface area (Å²) in [6.45, 7) is 2.92. The molecule has 2 rings (SSSR count). The Balaban J connectivity index is 2.05. The second kappa shape index (κ2) is 4.38. The van der Waals surface area contributed by atoms with Gasteiger partial charge in [0.1, 0.15) is 0 Å². The first-order valence-electron chi connectivity index (χ1n) is 5.23. The molecule has 1 aliphatic carbocycles. The van der Waals surface area contributed by atoms with Crippen molar-refractivity contribution < 1.29 is 4.79 Å². The number of hydrogen-bond donors (Lipinski definition) is 1. The van der Waals surface area contributed by atoms with Gasteiger partial charge in [-0.15, -0.1) is 0 Å². The van der Waals surface area contributed by atoms with Crippen molar-refractivity contribution in [1.29, 1.82) is 0 Å². The van der Waals surface area contributed by atoms with Gasteiger partial charge in [-0.05, 0) is 52.4 Å². The Morgan fingerprint density at radius 1 is 1.56 bits per heavy atom. The number of carbonyl (C=O) groups excluding carboxylic acids is 1. The van der Waals surface area contributed by atoms with E-state index in [2.05, 4.69) is 28.2 Å². The van der Waals surface area contributed by atoms with Crippen LogP contribution in [0.4, 0.5) is 0 Å². The summed E-state index contributed by atoms with van der Waals surface area (Å²) in [5.74, 6) is -0.0671. The van der Waals surface area contributed by atoms with Crippen LogP contribution in [0, 0.1) is 5.41 Å². The standard InChI is InChI=1S/C12H13BrClNO/c1-12(4-5-12)7-15-11(16)9-6-8(14)2-3-10(9)13/h2-3,6H,4-5,7H2,1H3,(H,15,16). The average Bonchev–Trinajstić information content (AvgIpc) is 2.97. The lowest BCUT2D eigenvalue weighted by Gasteiger charge is -2.11. The fourth-order valence-corrected chi connectivity index (χ4v) is 2.05. The molecule has 4 heteroatoms. The van der Waals surface area contributed by atoms with Gasteiger partial charge in [-0.25, -0.2) is 0 Å². The maximum atomic E-state index is 11.9. The Bertz CT molecular complexity index is 429. The molecule has 2 nitrogen and oxygen atoms in total. The molecule has 1 aliphatic rings. The molecule has 1 saturated carbocycles. The monoisotopic (exact) mass is 301 g/mol. The van der Waals surface area contributed by atoms with Gasteiger partial charge < -0.3 is 5.32 Å². The SMILES string of the molecule is CC1(CNC(=O)c2cc(Cl)ccc2Br)CC1. The number of amides is 1. The minimum atomic E-state index is -0.0671. The van der Waals surface area contributed by atoms with E-state index in [1.54, 1.807) is 18.2 Å². The lowest BCUT2D eigenvalue weighted by molar-refractivity contribution is 0.0945. The zero-order valence-corrected chi connectivity index (χ0v) is 11.4. The summed E-state index contributed by atoms with van der Waals surface area (Å²) in [6.07, 6.45) is 2.40. The van der Waals surface area contributed by atoms with E-state index in [9.17, 15) is 4.79 Å². The second-order valence-corrected chi connectivity index (χ2v) is 5.91. The van der Waals surface area contributed by atoms with Crippen LogP contribution in [0.5, 0.6) is 0 Å². The van der Waals surface area contributed by atoms with Gasteiger partial charge in [0, 0.05) is 16.0 Å². The Morgan fingerprint density at radius 2 is 2.25 bits per heavy atom. The van der Waals surface area contributed by atoms with Gasteiger partial charge >= 0.3 is 0 Å². The van der Waals surface area contributed by atoms with Crippen LogP contribution < -0.4 is 5.32 Å². The number of benzene rings is 1. The van der Waals surface area contributed by atoms with Crippen molar-refractivity contribution >= 4 is 33.4 Å². The summed E-state index contributed by atoms with van der Waals surface area (Å²) in [5.41, 5.74) is 0.914. The van der Waals surface area contributed by atoms with E-state index in [1.165, 1.54) is 12.8 Å². The van der Waals surface area contributed by atoms with E-state index < -0.39 is 0 Å². The van der Waals surface area contributed by atoms with Crippen molar-refractivity contribution in [2.75, 3.05) is 6.54 Å². The van der Waals surface area contributed by atoms with Crippen molar-refractivity contribution in [2.45, 2.75) is 19.8 Å². The van der Waals surface area contributed by atoms with E-state index in [1.807, 2.05) is 0 Å². The first kappa shape index (κ1) is 11.9. The Hall–Kier alpha value is -0.540. The number of carbonyl (C=O) groups is 1. The maximum absolute atomic E-state index is 11.9. The molecule has 0 bridgehead atoms. The van der Waals surface area contributed by atoms with E-state index in [-0.39, 0.29) is 5.91 Å². The fraction of sp³-hybridized carbons (Fsp3) is 0.417. The molecule has 0 atom stereocenters. The number of halogens is 2. The highest BCUT2D eigenvalue weighted by Gasteiger charge is 2.37. The van der Waals surface area contributed by atoms with E-state index >= 15 is 0 Å². The zero-order chi connectivity index (χ0) is 11.8. The molecule has 1 N–H and O–H groups in total. The molecule has 0 aromatic heterocycles. The molecule has 0 aliphatic heterocycles. The minimum Gasteiger partial charge on any atom is -0.351 e. The summed E-state index contributed by atoms with van der Waals surface area (Å²) in [4.78, 5) is 11.9. The van der Waals surface area contributed by atoms with Crippen LogP contribution in [0.15, 0.2) is 22.7 Å². The van der Waals surface area contributed by atoms with E-state index in [4.69, 9.17) is 11.6 Å². The summed E-state index contributed by atoms with van der Waals surface area (Å²) < 4.78 is 0.773. The van der Waals surface area contributed by atoms with Gasteiger partial charge in [-0.3, -0.25) is 4.79 Å². The third-order valence-corrected chi connectivity index (χ3v) is 3.88. The average molecular weight is 303 g/mol. The second-order valence-electron chi connectivity index (χ2n) is 4.62. The van der Waals surface area contributed by atoms with Crippen LogP contribution in [-0.2, 0) is 0 Å². The lowest BCUT2D eigenvalue weighted by Crippen LogP contribution is -2.29. The van der Waals surface area contributed by atoms with Crippen LogP contribution in [-0.4, -0.2) is 12.5 Å². The van der Waals surface area contributed by atoms with Crippen molar-refractivity contribution in [1.82, 2.24) is 5.32 Å². The third-order valence-electron chi connectivity index (χ3n) is 2.95. The summed E-state index contributed by atoms with van der Waals surface area (Å²) in [6, 6.07) is 5.22. The topological polar surface area (TPSA) is 29.1 Å². The number of rotatable bonds is 3. The molecular weight excluding hydrogens is 289 g/mol. The smallest absolute Gasteiger partial charge is 0.252 e. The molecule has 0 radical (unpaired) electrons. The summed E-state index contributed by atoms with van der Waals surface area (Å²) in [5, 5.41) is 3.52. The predicted octanol–water partition coefficient (Wildman–Crippen LogP) is 3.63. The van der Waals surface area contributed by atoms with Crippen LogP contribution >= 0.6 is 27.5 Å². The van der Waals surface area contributed by atoms with Crippen LogP contribution in [0.25, 0.3) is 0 Å². The van der Waals surface area contributed by atoms with Crippen LogP contribution in [0.3, 0.4) is 0 Å².